The van der Waals surface area contributed by atoms with Gasteiger partial charge in [0.2, 0.25) is 0 Å². The number of carbonyl (C=O) groups excluding carboxylic acids is 1. The van der Waals surface area contributed by atoms with Crippen LogP contribution in [0.1, 0.15) is 34.1 Å². The van der Waals surface area contributed by atoms with Crippen LogP contribution in [0, 0.1) is 10.8 Å². The Morgan fingerprint density at radius 2 is 2.05 bits per heavy atom. The van der Waals surface area contributed by atoms with E-state index in [1.807, 2.05) is 0 Å². The zero-order chi connectivity index (χ0) is 14.7. The second kappa shape index (κ2) is 5.77. The molecule has 0 aromatic rings. The molecule has 2 atom stereocenters. The van der Waals surface area contributed by atoms with Crippen molar-refractivity contribution in [1.82, 2.24) is 10.6 Å². The molecular weight excluding hydrogens is 248 g/mol. The molecule has 0 radical (unpaired) electrons. The van der Waals surface area contributed by atoms with Crippen LogP contribution in [0.2, 0.25) is 0 Å². The number of hydrogen-bond acceptors (Lipinski definition) is 3. The third kappa shape index (κ3) is 4.38. The van der Waals surface area contributed by atoms with Crippen LogP contribution in [0.4, 0.5) is 4.79 Å². The van der Waals surface area contributed by atoms with Crippen LogP contribution in [0.25, 0.3) is 0 Å². The number of rotatable bonds is 4. The molecule has 6 heteroatoms. The Kier molecular flexibility index (Phi) is 4.79. The fraction of sp³-hybridized carbons (Fsp3) is 0.846. The zero-order valence-electron chi connectivity index (χ0n) is 12.1. The molecule has 1 aliphatic rings. The summed E-state index contributed by atoms with van der Waals surface area (Å²) in [6.45, 7) is 8.79. The Morgan fingerprint density at radius 1 is 1.42 bits per heavy atom. The van der Waals surface area contributed by atoms with Gasteiger partial charge in [-0.3, -0.25) is 4.79 Å². The number of aliphatic carboxylic acids is 1. The summed E-state index contributed by atoms with van der Waals surface area (Å²) < 4.78 is 5.17. The average molecular weight is 272 g/mol. The van der Waals surface area contributed by atoms with Crippen molar-refractivity contribution in [2.75, 3.05) is 19.8 Å². The van der Waals surface area contributed by atoms with Gasteiger partial charge < -0.3 is 20.5 Å². The molecule has 1 aliphatic heterocycles. The maximum Gasteiger partial charge on any atom is 0.315 e. The number of hydrogen-bond donors (Lipinski definition) is 3. The normalized spacial score (nSPS) is 27.1. The summed E-state index contributed by atoms with van der Waals surface area (Å²) in [6, 6.07) is -0.841. The third-order valence-electron chi connectivity index (χ3n) is 3.41. The average Bonchev–Trinajstić information content (AvgIpc) is 2.59. The fourth-order valence-electron chi connectivity index (χ4n) is 1.85. The third-order valence-corrected chi connectivity index (χ3v) is 3.41. The minimum Gasteiger partial charge on any atom is -0.481 e. The van der Waals surface area contributed by atoms with Gasteiger partial charge in [0, 0.05) is 6.54 Å². The molecule has 2 amide bonds. The number of urea groups is 1. The largest absolute Gasteiger partial charge is 0.481 e. The molecule has 1 saturated heterocycles. The lowest BCUT2D eigenvalue weighted by molar-refractivity contribution is -0.148. The highest BCUT2D eigenvalue weighted by Gasteiger charge is 2.47. The van der Waals surface area contributed by atoms with Crippen molar-refractivity contribution < 1.29 is 19.4 Å². The molecule has 3 N–H and O–H groups in total. The number of nitrogens with one attached hydrogen (secondary N) is 2. The standard InChI is InChI=1S/C13H24N2O4/c1-12(2,3)5-6-14-11(18)15-9-7-19-8-13(9,4)10(16)17/h9H,5-8H2,1-4H3,(H,16,17)(H2,14,15,18). The van der Waals surface area contributed by atoms with Gasteiger partial charge in [0.15, 0.2) is 0 Å². The Morgan fingerprint density at radius 3 is 2.58 bits per heavy atom. The first kappa shape index (κ1) is 15.8. The molecule has 0 aromatic carbocycles. The molecule has 110 valence electrons. The van der Waals surface area contributed by atoms with Crippen LogP contribution in [-0.2, 0) is 9.53 Å². The summed E-state index contributed by atoms with van der Waals surface area (Å²) in [5.41, 5.74) is -0.902. The Bertz CT molecular complexity index is 351. The topological polar surface area (TPSA) is 87.7 Å². The SMILES string of the molecule is CC(C)(C)CCNC(=O)NC1COCC1(C)C(=O)O. The van der Waals surface area contributed by atoms with Crippen molar-refractivity contribution in [2.45, 2.75) is 40.2 Å². The lowest BCUT2D eigenvalue weighted by Crippen LogP contribution is -2.52. The van der Waals surface area contributed by atoms with Crippen LogP contribution in [0.3, 0.4) is 0 Å². The molecule has 2 unspecified atom stereocenters. The number of carboxylic acids is 1. The first-order valence-electron chi connectivity index (χ1n) is 6.51. The van der Waals surface area contributed by atoms with Crippen molar-refractivity contribution in [3.05, 3.63) is 0 Å². The molecule has 19 heavy (non-hydrogen) atoms. The number of carbonyl (C=O) groups is 2. The Labute approximate surface area is 113 Å². The molecule has 0 bridgehead atoms. The van der Waals surface area contributed by atoms with E-state index >= 15 is 0 Å². The van der Waals surface area contributed by atoms with Gasteiger partial charge >= 0.3 is 12.0 Å². The summed E-state index contributed by atoms with van der Waals surface area (Å²) in [5, 5.41) is 14.6. The van der Waals surface area contributed by atoms with Crippen LogP contribution in [0.15, 0.2) is 0 Å². The zero-order valence-corrected chi connectivity index (χ0v) is 12.1. The van der Waals surface area contributed by atoms with E-state index in [1.54, 1.807) is 6.92 Å². The molecule has 1 fully saturated rings. The summed E-state index contributed by atoms with van der Waals surface area (Å²) in [6.07, 6.45) is 0.859. The highest BCUT2D eigenvalue weighted by Crippen LogP contribution is 2.28. The predicted molar refractivity (Wildman–Crippen MR) is 71.0 cm³/mol. The first-order chi connectivity index (χ1) is 8.65. The van der Waals surface area contributed by atoms with Crippen LogP contribution >= 0.6 is 0 Å². The maximum atomic E-state index is 11.7. The number of ether oxygens (including phenoxy) is 1. The summed E-state index contributed by atoms with van der Waals surface area (Å²) in [7, 11) is 0. The van der Waals surface area contributed by atoms with Gasteiger partial charge in [-0.05, 0) is 18.8 Å². The molecule has 6 nitrogen and oxygen atoms in total. The molecule has 0 saturated carbocycles. The molecule has 1 rings (SSSR count). The predicted octanol–water partition coefficient (Wildman–Crippen LogP) is 1.21. The highest BCUT2D eigenvalue weighted by atomic mass is 16.5. The maximum absolute atomic E-state index is 11.7. The van der Waals surface area contributed by atoms with E-state index < -0.39 is 17.4 Å². The molecule has 0 spiro atoms. The van der Waals surface area contributed by atoms with Crippen molar-refractivity contribution >= 4 is 12.0 Å². The second-order valence-electron chi connectivity index (χ2n) is 6.50. The van der Waals surface area contributed by atoms with E-state index in [4.69, 9.17) is 4.74 Å². The van der Waals surface area contributed by atoms with E-state index in [9.17, 15) is 14.7 Å². The lowest BCUT2D eigenvalue weighted by Gasteiger charge is -2.26. The minimum absolute atomic E-state index is 0.120. The van der Waals surface area contributed by atoms with Gasteiger partial charge in [-0.2, -0.15) is 0 Å². The Hall–Kier alpha value is -1.30. The van der Waals surface area contributed by atoms with Crippen molar-refractivity contribution in [3.63, 3.8) is 0 Å². The van der Waals surface area contributed by atoms with Crippen molar-refractivity contribution in [3.8, 4) is 0 Å². The van der Waals surface area contributed by atoms with E-state index in [0.29, 0.717) is 6.54 Å². The van der Waals surface area contributed by atoms with Gasteiger partial charge in [-0.25, -0.2) is 4.79 Å². The van der Waals surface area contributed by atoms with Crippen LogP contribution in [0.5, 0.6) is 0 Å². The van der Waals surface area contributed by atoms with E-state index in [1.165, 1.54) is 0 Å². The highest BCUT2D eigenvalue weighted by molar-refractivity contribution is 5.79. The van der Waals surface area contributed by atoms with E-state index in [-0.39, 0.29) is 24.7 Å². The molecule has 0 aromatic heterocycles. The lowest BCUT2D eigenvalue weighted by atomic mass is 9.85. The molecular formula is C13H24N2O4. The van der Waals surface area contributed by atoms with Gasteiger partial charge in [-0.15, -0.1) is 0 Å². The second-order valence-corrected chi connectivity index (χ2v) is 6.50. The van der Waals surface area contributed by atoms with Crippen molar-refractivity contribution in [2.24, 2.45) is 10.8 Å². The molecule has 1 heterocycles. The smallest absolute Gasteiger partial charge is 0.315 e. The number of carboxylic acid groups (broad SMARTS) is 1. The minimum atomic E-state index is -1.05. The quantitative estimate of drug-likeness (QED) is 0.718. The monoisotopic (exact) mass is 272 g/mol. The van der Waals surface area contributed by atoms with E-state index in [0.717, 1.165) is 6.42 Å². The summed E-state index contributed by atoms with van der Waals surface area (Å²) in [5.74, 6) is -0.954. The fourth-order valence-corrected chi connectivity index (χ4v) is 1.85. The van der Waals surface area contributed by atoms with Crippen molar-refractivity contribution in [1.29, 1.82) is 0 Å². The van der Waals surface area contributed by atoms with Gasteiger partial charge in [-0.1, -0.05) is 20.8 Å². The van der Waals surface area contributed by atoms with Crippen LogP contribution < -0.4 is 10.6 Å². The molecule has 0 aliphatic carbocycles. The summed E-state index contributed by atoms with van der Waals surface area (Å²) in [4.78, 5) is 22.9. The van der Waals surface area contributed by atoms with Gasteiger partial charge in [0.05, 0.1) is 19.3 Å². The first-order valence-corrected chi connectivity index (χ1v) is 6.51. The van der Waals surface area contributed by atoms with Crippen LogP contribution in [-0.4, -0.2) is 42.9 Å². The van der Waals surface area contributed by atoms with Gasteiger partial charge in [0.1, 0.15) is 5.41 Å². The summed E-state index contributed by atoms with van der Waals surface area (Å²) >= 11 is 0. The van der Waals surface area contributed by atoms with Gasteiger partial charge in [0.25, 0.3) is 0 Å². The van der Waals surface area contributed by atoms with E-state index in [2.05, 4.69) is 31.4 Å². The Balaban J connectivity index is 2.42. The number of amides is 2.